The Morgan fingerprint density at radius 1 is 1.20 bits per heavy atom. The highest BCUT2D eigenvalue weighted by molar-refractivity contribution is 7.80. The van der Waals surface area contributed by atoms with Crippen LogP contribution in [0.4, 0.5) is 5.69 Å². The summed E-state index contributed by atoms with van der Waals surface area (Å²) in [7, 11) is 0. The van der Waals surface area contributed by atoms with E-state index in [4.69, 9.17) is 47.0 Å². The smallest absolute Gasteiger partial charge is 0.263 e. The van der Waals surface area contributed by atoms with E-state index in [9.17, 15) is 4.79 Å². The number of thiocarbonyl (C=S) groups is 1. The van der Waals surface area contributed by atoms with Gasteiger partial charge in [0, 0.05) is 5.69 Å². The number of alkyl halides is 3. The van der Waals surface area contributed by atoms with Crippen LogP contribution >= 0.6 is 58.4 Å². The number of carbonyl (C=O) groups is 1. The maximum absolute atomic E-state index is 12.2. The predicted molar refractivity (Wildman–Crippen MR) is 111 cm³/mol. The number of thiophene rings is 1. The molecule has 0 saturated heterocycles. The van der Waals surface area contributed by atoms with Gasteiger partial charge in [0.15, 0.2) is 5.11 Å². The Morgan fingerprint density at radius 3 is 2.52 bits per heavy atom. The zero-order chi connectivity index (χ0) is 18.6. The summed E-state index contributed by atoms with van der Waals surface area (Å²) in [5.41, 5.74) is 2.94. The first-order chi connectivity index (χ1) is 11.7. The number of aryl methyl sites for hydroxylation is 2. The number of hydrogen-bond acceptors (Lipinski definition) is 3. The van der Waals surface area contributed by atoms with E-state index in [-0.39, 0.29) is 11.0 Å². The summed E-state index contributed by atoms with van der Waals surface area (Å²) in [5.74, 6) is -0.353. The molecule has 0 aliphatic rings. The minimum Gasteiger partial charge on any atom is -0.339 e. The van der Waals surface area contributed by atoms with Crippen molar-refractivity contribution in [1.29, 1.82) is 0 Å². The van der Waals surface area contributed by atoms with Gasteiger partial charge >= 0.3 is 0 Å². The second kappa shape index (κ2) is 8.56. The number of hydrogen-bond donors (Lipinski definition) is 3. The number of halogens is 3. The molecule has 0 saturated carbocycles. The van der Waals surface area contributed by atoms with E-state index in [1.54, 1.807) is 17.5 Å². The maximum atomic E-state index is 12.2. The maximum Gasteiger partial charge on any atom is 0.263 e. The predicted octanol–water partition coefficient (Wildman–Crippen LogP) is 4.78. The quantitative estimate of drug-likeness (QED) is 0.367. The van der Waals surface area contributed by atoms with Crippen molar-refractivity contribution >= 4 is 75.1 Å². The van der Waals surface area contributed by atoms with Crippen molar-refractivity contribution in [1.82, 2.24) is 10.6 Å². The van der Waals surface area contributed by atoms with Gasteiger partial charge in [-0.2, -0.15) is 0 Å². The lowest BCUT2D eigenvalue weighted by molar-refractivity contribution is 0.0938. The highest BCUT2D eigenvalue weighted by atomic mass is 35.6. The van der Waals surface area contributed by atoms with Crippen LogP contribution in [0.2, 0.25) is 0 Å². The first-order valence-electron chi connectivity index (χ1n) is 7.22. The van der Waals surface area contributed by atoms with Crippen molar-refractivity contribution in [2.24, 2.45) is 0 Å². The molecule has 0 bridgehead atoms. The van der Waals surface area contributed by atoms with Gasteiger partial charge in [0.2, 0.25) is 3.79 Å². The molecule has 134 valence electrons. The van der Waals surface area contributed by atoms with Crippen molar-refractivity contribution < 1.29 is 4.79 Å². The number of benzene rings is 1. The summed E-state index contributed by atoms with van der Waals surface area (Å²) in [5, 5.41) is 10.6. The van der Waals surface area contributed by atoms with E-state index >= 15 is 0 Å². The Balaban J connectivity index is 2.07. The molecule has 2 aromatic rings. The van der Waals surface area contributed by atoms with Crippen molar-refractivity contribution in [3.05, 3.63) is 51.7 Å². The van der Waals surface area contributed by atoms with Crippen LogP contribution in [0.15, 0.2) is 35.7 Å². The lowest BCUT2D eigenvalue weighted by atomic mass is 10.1. The lowest BCUT2D eigenvalue weighted by Gasteiger charge is -2.27. The van der Waals surface area contributed by atoms with Crippen LogP contribution in [0, 0.1) is 13.8 Å². The van der Waals surface area contributed by atoms with Crippen molar-refractivity contribution in [2.45, 2.75) is 23.8 Å². The topological polar surface area (TPSA) is 53.2 Å². The molecule has 1 aromatic heterocycles. The molecule has 0 radical (unpaired) electrons. The third kappa shape index (κ3) is 6.01. The van der Waals surface area contributed by atoms with Crippen LogP contribution in [-0.4, -0.2) is 21.0 Å². The second-order valence-electron chi connectivity index (χ2n) is 5.34. The van der Waals surface area contributed by atoms with Crippen LogP contribution in [0.25, 0.3) is 0 Å². The van der Waals surface area contributed by atoms with E-state index in [1.807, 2.05) is 32.0 Å². The fraction of sp³-hybridized carbons (Fsp3) is 0.250. The summed E-state index contributed by atoms with van der Waals surface area (Å²) >= 11 is 24.5. The van der Waals surface area contributed by atoms with E-state index in [2.05, 4.69) is 16.0 Å². The summed E-state index contributed by atoms with van der Waals surface area (Å²) in [6.07, 6.45) is -1.00. The third-order valence-electron chi connectivity index (χ3n) is 3.26. The molecule has 3 N–H and O–H groups in total. The van der Waals surface area contributed by atoms with Gasteiger partial charge in [-0.1, -0.05) is 53.0 Å². The molecule has 1 atom stereocenters. The summed E-state index contributed by atoms with van der Waals surface area (Å²) in [4.78, 5) is 12.7. The molecule has 9 heteroatoms. The van der Waals surface area contributed by atoms with Crippen molar-refractivity contribution in [2.75, 3.05) is 5.32 Å². The molecule has 0 spiro atoms. The van der Waals surface area contributed by atoms with Gasteiger partial charge in [0.1, 0.15) is 6.17 Å². The zero-order valence-corrected chi connectivity index (χ0v) is 17.3. The second-order valence-corrected chi connectivity index (χ2v) is 9.07. The fourth-order valence-electron chi connectivity index (χ4n) is 1.97. The average Bonchev–Trinajstić information content (AvgIpc) is 3.03. The molecule has 1 amide bonds. The normalized spacial score (nSPS) is 12.4. The minimum absolute atomic E-state index is 0.233. The molecule has 4 nitrogen and oxygen atoms in total. The van der Waals surface area contributed by atoms with Gasteiger partial charge in [-0.05, 0) is 54.7 Å². The molecule has 0 aliphatic heterocycles. The Labute approximate surface area is 170 Å². The molecular formula is C16H16Cl3N3OS2. The van der Waals surface area contributed by atoms with E-state index in [0.29, 0.717) is 4.88 Å². The molecule has 0 fully saturated rings. The Kier molecular flexibility index (Phi) is 6.93. The van der Waals surface area contributed by atoms with E-state index < -0.39 is 9.96 Å². The number of anilines is 1. The van der Waals surface area contributed by atoms with Gasteiger partial charge < -0.3 is 16.0 Å². The van der Waals surface area contributed by atoms with Gasteiger partial charge in [-0.15, -0.1) is 11.3 Å². The first-order valence-corrected chi connectivity index (χ1v) is 9.65. The largest absolute Gasteiger partial charge is 0.339 e. The molecule has 1 aromatic carbocycles. The van der Waals surface area contributed by atoms with Crippen LogP contribution in [-0.2, 0) is 0 Å². The average molecular weight is 437 g/mol. The summed E-state index contributed by atoms with van der Waals surface area (Å²) in [6.45, 7) is 3.93. The summed E-state index contributed by atoms with van der Waals surface area (Å²) < 4.78 is -1.79. The zero-order valence-electron chi connectivity index (χ0n) is 13.4. The van der Waals surface area contributed by atoms with Crippen LogP contribution in [0.5, 0.6) is 0 Å². The van der Waals surface area contributed by atoms with Gasteiger partial charge in [-0.3, -0.25) is 4.79 Å². The van der Waals surface area contributed by atoms with Gasteiger partial charge in [0.25, 0.3) is 5.91 Å². The van der Waals surface area contributed by atoms with E-state index in [1.165, 1.54) is 11.3 Å². The van der Waals surface area contributed by atoms with Crippen molar-refractivity contribution in [3.8, 4) is 0 Å². The number of nitrogens with one attached hydrogen (secondary N) is 3. The van der Waals surface area contributed by atoms with Crippen LogP contribution < -0.4 is 16.0 Å². The number of amides is 1. The molecule has 1 heterocycles. The highest BCUT2D eigenvalue weighted by Crippen LogP contribution is 2.29. The van der Waals surface area contributed by atoms with Gasteiger partial charge in [-0.25, -0.2) is 0 Å². The Morgan fingerprint density at radius 2 is 1.92 bits per heavy atom. The lowest BCUT2D eigenvalue weighted by Crippen LogP contribution is -2.56. The SMILES string of the molecule is Cc1ccc(C)c(NC(=S)NC(NC(=O)c2cccs2)C(Cl)(Cl)Cl)c1. The summed E-state index contributed by atoms with van der Waals surface area (Å²) in [6, 6.07) is 9.39. The van der Waals surface area contributed by atoms with Crippen LogP contribution in [0.3, 0.4) is 0 Å². The first kappa shape index (κ1) is 20.3. The van der Waals surface area contributed by atoms with Crippen molar-refractivity contribution in [3.63, 3.8) is 0 Å². The molecular weight excluding hydrogens is 421 g/mol. The highest BCUT2D eigenvalue weighted by Gasteiger charge is 2.35. The number of rotatable bonds is 4. The number of carbonyl (C=O) groups excluding carboxylic acids is 1. The standard InChI is InChI=1S/C16H16Cl3N3OS2/c1-9-5-6-10(2)11(8-9)20-15(24)22-14(16(17,18)19)21-13(23)12-4-3-7-25-12/h3-8,14H,1-2H3,(H,21,23)(H2,20,22,24). The molecule has 1 unspecified atom stereocenters. The van der Waals surface area contributed by atoms with E-state index in [0.717, 1.165) is 16.8 Å². The third-order valence-corrected chi connectivity index (χ3v) is 5.01. The fourth-order valence-corrected chi connectivity index (χ4v) is 3.15. The molecule has 25 heavy (non-hydrogen) atoms. The minimum atomic E-state index is -1.79. The monoisotopic (exact) mass is 435 g/mol. The molecule has 0 aliphatic carbocycles. The van der Waals surface area contributed by atoms with Gasteiger partial charge in [0.05, 0.1) is 4.88 Å². The Bertz CT molecular complexity index is 760. The Hall–Kier alpha value is -1.05. The molecule has 2 rings (SSSR count). The van der Waals surface area contributed by atoms with Crippen LogP contribution in [0.1, 0.15) is 20.8 Å².